The molecule has 7 aliphatic rings. The summed E-state index contributed by atoms with van der Waals surface area (Å²) in [5, 5.41) is 27.8. The lowest BCUT2D eigenvalue weighted by Crippen LogP contribution is -2.28. The van der Waals surface area contributed by atoms with Crippen LogP contribution in [-0.2, 0) is 25.7 Å². The standard InChI is InChI=1S/C58H35N3/c59-28-34-26-44-54(56-46(34)50-36-12-1-5-16-40(36)52(56)41-17-6-2-13-37(41)50)48-32-22-20-30-10-9-11-31(24-30)21-23-33(25-32)49-55-45(61(44)58(48)49)27-35(29-60)47-51-38-14-3-7-18-42(38)53(57(47)55)43-19-8-4-15-39(43)51/h1-19,24-27,50-53H,20-23H2. The lowest BCUT2D eigenvalue weighted by molar-refractivity contribution is 0.758. The Bertz CT molecular complexity index is 3440. The van der Waals surface area contributed by atoms with Crippen LogP contribution in [0.3, 0.4) is 0 Å². The van der Waals surface area contributed by atoms with Gasteiger partial charge < -0.3 is 4.40 Å². The molecule has 0 N–H and O–H groups in total. The largest absolute Gasteiger partial charge is 0.308 e. The van der Waals surface area contributed by atoms with Gasteiger partial charge in [0.15, 0.2) is 0 Å². The average Bonchev–Trinajstić information content (AvgIpc) is 3.84. The van der Waals surface area contributed by atoms with Gasteiger partial charge in [-0.25, -0.2) is 0 Å². The molecule has 17 rings (SSSR count). The number of fused-ring (bicyclic) bond motifs is 12. The molecule has 7 aliphatic carbocycles. The van der Waals surface area contributed by atoms with Gasteiger partial charge in [-0.15, -0.1) is 0 Å². The van der Waals surface area contributed by atoms with Crippen LogP contribution in [0, 0.1) is 22.7 Å². The summed E-state index contributed by atoms with van der Waals surface area (Å²) in [4.78, 5) is 0. The monoisotopic (exact) mass is 773 g/mol. The quantitative estimate of drug-likeness (QED) is 0.154. The summed E-state index contributed by atoms with van der Waals surface area (Å²) in [7, 11) is 0. The second kappa shape index (κ2) is 11.2. The van der Waals surface area contributed by atoms with E-state index in [0.29, 0.717) is 0 Å². The minimum atomic E-state index is -0.0106. The third-order valence-corrected chi connectivity index (χ3v) is 15.7. The third kappa shape index (κ3) is 3.78. The lowest BCUT2D eigenvalue weighted by Gasteiger charge is -2.43. The zero-order valence-corrected chi connectivity index (χ0v) is 33.3. The first-order chi connectivity index (χ1) is 30.2. The fraction of sp³-hybridized carbons (Fsp3) is 0.138. The van der Waals surface area contributed by atoms with E-state index in [9.17, 15) is 10.5 Å². The van der Waals surface area contributed by atoms with Gasteiger partial charge in [0.25, 0.3) is 0 Å². The molecular weight excluding hydrogens is 739 g/mol. The highest BCUT2D eigenvalue weighted by Crippen LogP contribution is 2.62. The van der Waals surface area contributed by atoms with Crippen LogP contribution < -0.4 is 0 Å². The Balaban J connectivity index is 1.16. The molecule has 10 aromatic rings. The zero-order chi connectivity index (χ0) is 39.8. The molecule has 8 bridgehead atoms. The van der Waals surface area contributed by atoms with E-state index < -0.39 is 0 Å². The first-order valence-electron chi connectivity index (χ1n) is 21.9. The maximum Gasteiger partial charge on any atom is 0.0995 e. The zero-order valence-electron chi connectivity index (χ0n) is 33.3. The van der Waals surface area contributed by atoms with E-state index >= 15 is 0 Å². The maximum atomic E-state index is 11.3. The second-order valence-corrected chi connectivity index (χ2v) is 18.2. The first-order valence-corrected chi connectivity index (χ1v) is 21.9. The van der Waals surface area contributed by atoms with E-state index in [1.54, 1.807) is 0 Å². The molecule has 0 unspecified atom stereocenters. The normalized spacial score (nSPS) is 19.5. The van der Waals surface area contributed by atoms with Gasteiger partial charge in [0.05, 0.1) is 39.8 Å². The van der Waals surface area contributed by atoms with Crippen LogP contribution in [0.5, 0.6) is 0 Å². The maximum absolute atomic E-state index is 11.3. The van der Waals surface area contributed by atoms with Crippen LogP contribution in [0.15, 0.2) is 140 Å². The summed E-state index contributed by atoms with van der Waals surface area (Å²) >= 11 is 0. The Morgan fingerprint density at radius 3 is 1.10 bits per heavy atom. The van der Waals surface area contributed by atoms with Crippen LogP contribution in [0.4, 0.5) is 0 Å². The molecule has 2 aromatic heterocycles. The fourth-order valence-corrected chi connectivity index (χ4v) is 13.6. The first kappa shape index (κ1) is 32.4. The summed E-state index contributed by atoms with van der Waals surface area (Å²) in [6.07, 6.45) is 3.77. The van der Waals surface area contributed by atoms with Gasteiger partial charge in [-0.05, 0) is 127 Å². The predicted octanol–water partition coefficient (Wildman–Crippen LogP) is 12.4. The molecule has 0 amide bonds. The predicted molar refractivity (Wildman–Crippen MR) is 241 cm³/mol. The molecule has 0 radical (unpaired) electrons. The molecule has 61 heavy (non-hydrogen) atoms. The van der Waals surface area contributed by atoms with Crippen LogP contribution in [0.1, 0.15) is 124 Å². The molecule has 0 saturated carbocycles. The van der Waals surface area contributed by atoms with E-state index in [0.717, 1.165) is 47.8 Å². The number of benzene rings is 8. The number of rotatable bonds is 0. The van der Waals surface area contributed by atoms with Crippen molar-refractivity contribution in [1.29, 1.82) is 10.5 Å². The van der Waals surface area contributed by atoms with Gasteiger partial charge in [-0.2, -0.15) is 10.5 Å². The number of hydrogen-bond acceptors (Lipinski definition) is 2. The highest BCUT2D eigenvalue weighted by molar-refractivity contribution is 6.27. The van der Waals surface area contributed by atoms with Crippen LogP contribution >= 0.6 is 0 Å². The molecule has 8 aromatic carbocycles. The van der Waals surface area contributed by atoms with Gasteiger partial charge >= 0.3 is 0 Å². The molecule has 3 nitrogen and oxygen atoms in total. The van der Waals surface area contributed by atoms with Crippen LogP contribution in [0.25, 0.3) is 38.1 Å². The van der Waals surface area contributed by atoms with Gasteiger partial charge in [0.1, 0.15) is 0 Å². The Hall–Kier alpha value is -7.46. The summed E-state index contributed by atoms with van der Waals surface area (Å²) in [5.74, 6) is -0.00346. The average molecular weight is 774 g/mol. The van der Waals surface area contributed by atoms with Crippen LogP contribution in [0.2, 0.25) is 0 Å². The van der Waals surface area contributed by atoms with Crippen molar-refractivity contribution in [2.75, 3.05) is 0 Å². The molecule has 282 valence electrons. The number of aromatic nitrogens is 1. The molecule has 0 atom stereocenters. The summed E-state index contributed by atoms with van der Waals surface area (Å²) in [6, 6.07) is 57.7. The molecular formula is C58H35N3. The number of nitriles is 2. The Morgan fingerprint density at radius 1 is 0.377 bits per heavy atom. The SMILES string of the molecule is N#Cc1cc2c(c3c1C1c4ccccc4C3c3ccccc31)c1c3cc(c4c5c6c(c(C#N)cc5n2c14)C1c2ccccc2C6c2ccccc21)CCc1cccc(c1)CC3. The van der Waals surface area contributed by atoms with E-state index in [2.05, 4.69) is 156 Å². The molecule has 0 saturated heterocycles. The number of nitrogens with zero attached hydrogens (tertiary/aromatic N) is 3. The van der Waals surface area contributed by atoms with Crippen molar-refractivity contribution in [2.45, 2.75) is 49.4 Å². The van der Waals surface area contributed by atoms with Gasteiger partial charge in [0.2, 0.25) is 0 Å². The van der Waals surface area contributed by atoms with E-state index in [1.807, 2.05) is 0 Å². The van der Waals surface area contributed by atoms with Crippen molar-refractivity contribution >= 4 is 38.1 Å². The smallest absolute Gasteiger partial charge is 0.0995 e. The molecule has 0 spiro atoms. The van der Waals surface area contributed by atoms with E-state index in [1.165, 1.54) is 116 Å². The summed E-state index contributed by atoms with van der Waals surface area (Å²) in [5.41, 5.74) is 26.2. The van der Waals surface area contributed by atoms with Crippen molar-refractivity contribution < 1.29 is 0 Å². The Kier molecular flexibility index (Phi) is 5.96. The van der Waals surface area contributed by atoms with Gasteiger partial charge in [-0.3, -0.25) is 0 Å². The Morgan fingerprint density at radius 2 is 0.738 bits per heavy atom. The highest BCUT2D eigenvalue weighted by Gasteiger charge is 2.47. The minimum absolute atomic E-state index is 0.00892. The highest BCUT2D eigenvalue weighted by atomic mass is 14.9. The molecule has 2 heterocycles. The van der Waals surface area contributed by atoms with E-state index in [-0.39, 0.29) is 23.7 Å². The van der Waals surface area contributed by atoms with Crippen molar-refractivity contribution in [3.63, 3.8) is 0 Å². The summed E-state index contributed by atoms with van der Waals surface area (Å²) in [6.45, 7) is 0. The van der Waals surface area contributed by atoms with E-state index in [4.69, 9.17) is 0 Å². The Labute approximate surface area is 352 Å². The molecule has 0 aliphatic heterocycles. The fourth-order valence-electron chi connectivity index (χ4n) is 13.6. The van der Waals surface area contributed by atoms with Crippen molar-refractivity contribution in [3.05, 3.63) is 240 Å². The van der Waals surface area contributed by atoms with Crippen LogP contribution in [-0.4, -0.2) is 4.40 Å². The number of aryl methyl sites for hydroxylation is 4. The topological polar surface area (TPSA) is 52.0 Å². The third-order valence-electron chi connectivity index (χ3n) is 15.7. The lowest BCUT2D eigenvalue weighted by atomic mass is 9.59. The van der Waals surface area contributed by atoms with Crippen molar-refractivity contribution in [3.8, 4) is 12.1 Å². The van der Waals surface area contributed by atoms with Crippen molar-refractivity contribution in [2.24, 2.45) is 0 Å². The second-order valence-electron chi connectivity index (χ2n) is 18.2. The molecule has 0 fully saturated rings. The number of hydrogen-bond donors (Lipinski definition) is 0. The minimum Gasteiger partial charge on any atom is -0.308 e. The summed E-state index contributed by atoms with van der Waals surface area (Å²) < 4.78 is 2.52. The van der Waals surface area contributed by atoms with Gasteiger partial charge in [-0.1, -0.05) is 127 Å². The van der Waals surface area contributed by atoms with Gasteiger partial charge in [0, 0.05) is 45.2 Å². The van der Waals surface area contributed by atoms with Crippen molar-refractivity contribution in [1.82, 2.24) is 4.40 Å². The molecule has 3 heteroatoms.